The van der Waals surface area contributed by atoms with E-state index < -0.39 is 0 Å². The average Bonchev–Trinajstić information content (AvgIpc) is 3.63. The Kier molecular flexibility index (Phi) is 11.5. The van der Waals surface area contributed by atoms with Gasteiger partial charge in [-0.15, -0.1) is 0 Å². The van der Waals surface area contributed by atoms with Crippen LogP contribution in [0.3, 0.4) is 0 Å². The Labute approximate surface area is 199 Å². The van der Waals surface area contributed by atoms with Crippen LogP contribution in [0.1, 0.15) is 31.2 Å². The summed E-state index contributed by atoms with van der Waals surface area (Å²) in [6.07, 6.45) is 6.64. The molecule has 1 aliphatic carbocycles. The van der Waals surface area contributed by atoms with Crippen LogP contribution >= 0.6 is 0 Å². The molecule has 2 saturated heterocycles. The number of ether oxygens (including phenoxy) is 1. The van der Waals surface area contributed by atoms with E-state index in [1.54, 1.807) is 0 Å². The van der Waals surface area contributed by atoms with Gasteiger partial charge in [0.2, 0.25) is 5.91 Å². The number of likely N-dealkylation sites (tertiary alicyclic amines) is 1. The highest BCUT2D eigenvalue weighted by Crippen LogP contribution is 2.31. The fraction of sp³-hybridized carbons (Fsp3) is 0.682. The van der Waals surface area contributed by atoms with Crippen LogP contribution < -0.4 is 11.1 Å². The molecule has 1 amide bonds. The van der Waals surface area contributed by atoms with Crippen LogP contribution in [0.2, 0.25) is 0 Å². The third-order valence-electron chi connectivity index (χ3n) is 6.24. The van der Waals surface area contributed by atoms with Gasteiger partial charge in [0.05, 0.1) is 6.10 Å². The topological polar surface area (TPSA) is 171 Å². The third-order valence-corrected chi connectivity index (χ3v) is 6.24. The number of hydrogen-bond acceptors (Lipinski definition) is 9. The Morgan fingerprint density at radius 1 is 1.12 bits per heavy atom. The summed E-state index contributed by atoms with van der Waals surface area (Å²) >= 11 is 0. The lowest BCUT2D eigenvalue weighted by atomic mass is 9.95. The molecule has 0 spiro atoms. The molecule has 1 aromatic heterocycles. The maximum Gasteiger partial charge on any atom is 0.290 e. The number of rotatable bonds is 7. The Bertz CT molecular complexity index is 779. The SMILES string of the molecule is Cc1c(N)ncnc1NCC1CN(CC2CCN(CC3CC3)CC2)C(=O)CO1.O=CO.O=CO. The molecule has 190 valence electrons. The second-order valence-electron chi connectivity index (χ2n) is 8.74. The average molecular weight is 481 g/mol. The van der Waals surface area contributed by atoms with Gasteiger partial charge in [-0.05, 0) is 57.5 Å². The van der Waals surface area contributed by atoms with Crippen LogP contribution in [-0.2, 0) is 19.1 Å². The number of nitrogens with two attached hydrogens (primary N) is 1. The van der Waals surface area contributed by atoms with Crippen molar-refractivity contribution in [1.29, 1.82) is 0 Å². The van der Waals surface area contributed by atoms with E-state index in [2.05, 4.69) is 20.2 Å². The summed E-state index contributed by atoms with van der Waals surface area (Å²) in [6.45, 7) is 7.29. The van der Waals surface area contributed by atoms with Gasteiger partial charge in [-0.2, -0.15) is 0 Å². The van der Waals surface area contributed by atoms with Gasteiger partial charge in [0.15, 0.2) is 0 Å². The summed E-state index contributed by atoms with van der Waals surface area (Å²) in [5.41, 5.74) is 6.67. The molecule has 12 heteroatoms. The molecule has 34 heavy (non-hydrogen) atoms. The molecule has 4 rings (SSSR count). The molecule has 1 atom stereocenters. The lowest BCUT2D eigenvalue weighted by Crippen LogP contribution is -2.51. The van der Waals surface area contributed by atoms with E-state index in [0.29, 0.717) is 24.8 Å². The number of carboxylic acid groups (broad SMARTS) is 2. The van der Waals surface area contributed by atoms with E-state index in [9.17, 15) is 4.79 Å². The number of nitrogen functional groups attached to an aromatic ring is 1. The molecule has 2 aliphatic heterocycles. The predicted molar refractivity (Wildman–Crippen MR) is 125 cm³/mol. The van der Waals surface area contributed by atoms with Crippen molar-refractivity contribution >= 4 is 30.5 Å². The lowest BCUT2D eigenvalue weighted by Gasteiger charge is -2.38. The van der Waals surface area contributed by atoms with Crippen LogP contribution in [-0.4, -0.2) is 101 Å². The molecule has 3 fully saturated rings. The summed E-state index contributed by atoms with van der Waals surface area (Å²) in [5, 5.41) is 17.1. The molecule has 1 aromatic rings. The number of aromatic nitrogens is 2. The Balaban J connectivity index is 0.000000618. The number of amides is 1. The van der Waals surface area contributed by atoms with Gasteiger partial charge < -0.3 is 35.8 Å². The first-order valence-electron chi connectivity index (χ1n) is 11.5. The van der Waals surface area contributed by atoms with Gasteiger partial charge in [0.25, 0.3) is 12.9 Å². The van der Waals surface area contributed by atoms with E-state index >= 15 is 0 Å². The third kappa shape index (κ3) is 9.10. The summed E-state index contributed by atoms with van der Waals surface area (Å²) in [7, 11) is 0. The van der Waals surface area contributed by atoms with Crippen molar-refractivity contribution < 1.29 is 29.3 Å². The number of hydrogen-bond donors (Lipinski definition) is 4. The number of nitrogens with zero attached hydrogens (tertiary/aromatic N) is 4. The molecular weight excluding hydrogens is 444 g/mol. The minimum Gasteiger partial charge on any atom is -0.483 e. The molecule has 3 heterocycles. The molecule has 0 radical (unpaired) electrons. The van der Waals surface area contributed by atoms with Crippen LogP contribution in [0.4, 0.5) is 11.6 Å². The fourth-order valence-corrected chi connectivity index (χ4v) is 4.16. The van der Waals surface area contributed by atoms with Gasteiger partial charge in [-0.3, -0.25) is 14.4 Å². The van der Waals surface area contributed by atoms with E-state index in [1.165, 1.54) is 51.6 Å². The number of morpholine rings is 1. The van der Waals surface area contributed by atoms with Crippen molar-refractivity contribution in [2.75, 3.05) is 56.9 Å². The smallest absolute Gasteiger partial charge is 0.290 e. The summed E-state index contributed by atoms with van der Waals surface area (Å²) in [5.74, 6) is 2.88. The van der Waals surface area contributed by atoms with Crippen molar-refractivity contribution in [1.82, 2.24) is 19.8 Å². The molecule has 0 aromatic carbocycles. The van der Waals surface area contributed by atoms with Crippen molar-refractivity contribution in [2.45, 2.75) is 38.7 Å². The normalized spacial score (nSPS) is 20.9. The summed E-state index contributed by atoms with van der Waals surface area (Å²) < 4.78 is 5.73. The highest BCUT2D eigenvalue weighted by molar-refractivity contribution is 5.78. The standard InChI is InChI=1S/C20H32N6O2.2CH2O2/c1-14-19(21)23-13-24-20(14)22-8-17-11-26(18(27)12-28-17)10-16-4-6-25(7-5-16)9-15-2-3-15;2*2-1-3/h13,15-17H,2-12H2,1H3,(H3,21,22,23,24);2*1H,(H,2,3). The summed E-state index contributed by atoms with van der Waals surface area (Å²) in [4.78, 5) is 41.9. The molecular formula is C22H36N6O6. The fourth-order valence-electron chi connectivity index (χ4n) is 4.16. The number of carbonyl (C=O) groups is 3. The Morgan fingerprint density at radius 2 is 1.74 bits per heavy atom. The van der Waals surface area contributed by atoms with E-state index in [-0.39, 0.29) is 31.6 Å². The second kappa shape index (κ2) is 14.3. The zero-order valence-electron chi connectivity index (χ0n) is 19.6. The minimum absolute atomic E-state index is 0.0387. The molecule has 12 nitrogen and oxygen atoms in total. The maximum atomic E-state index is 12.3. The molecule has 1 saturated carbocycles. The van der Waals surface area contributed by atoms with Crippen molar-refractivity contribution in [2.24, 2.45) is 11.8 Å². The van der Waals surface area contributed by atoms with Gasteiger partial charge in [-0.1, -0.05) is 0 Å². The maximum absolute atomic E-state index is 12.3. The zero-order valence-corrected chi connectivity index (χ0v) is 19.6. The first kappa shape index (κ1) is 27.3. The van der Waals surface area contributed by atoms with Crippen molar-refractivity contribution in [3.63, 3.8) is 0 Å². The number of anilines is 2. The van der Waals surface area contributed by atoms with Crippen LogP contribution in [0, 0.1) is 18.8 Å². The van der Waals surface area contributed by atoms with Crippen LogP contribution in [0.5, 0.6) is 0 Å². The first-order chi connectivity index (χ1) is 16.4. The zero-order chi connectivity index (χ0) is 24.9. The van der Waals surface area contributed by atoms with Crippen LogP contribution in [0.15, 0.2) is 6.33 Å². The largest absolute Gasteiger partial charge is 0.483 e. The monoisotopic (exact) mass is 480 g/mol. The minimum atomic E-state index is -0.250. The second-order valence-corrected chi connectivity index (χ2v) is 8.74. The predicted octanol–water partition coefficient (Wildman–Crippen LogP) is 0.530. The Morgan fingerprint density at radius 3 is 2.35 bits per heavy atom. The number of carbonyl (C=O) groups excluding carboxylic acids is 1. The quantitative estimate of drug-likeness (QED) is 0.401. The summed E-state index contributed by atoms with van der Waals surface area (Å²) in [6, 6.07) is 0. The molecule has 3 aliphatic rings. The highest BCUT2D eigenvalue weighted by atomic mass is 16.5. The number of nitrogens with one attached hydrogen (secondary N) is 1. The van der Waals surface area contributed by atoms with Crippen molar-refractivity contribution in [3.8, 4) is 0 Å². The van der Waals surface area contributed by atoms with Gasteiger partial charge in [-0.25, -0.2) is 9.97 Å². The van der Waals surface area contributed by atoms with Gasteiger partial charge in [0.1, 0.15) is 24.6 Å². The van der Waals surface area contributed by atoms with E-state index in [0.717, 1.165) is 23.8 Å². The lowest BCUT2D eigenvalue weighted by molar-refractivity contribution is -0.149. The van der Waals surface area contributed by atoms with Gasteiger partial charge >= 0.3 is 0 Å². The molecule has 5 N–H and O–H groups in total. The molecule has 0 bridgehead atoms. The molecule has 1 unspecified atom stereocenters. The van der Waals surface area contributed by atoms with E-state index in [4.69, 9.17) is 30.3 Å². The van der Waals surface area contributed by atoms with Gasteiger partial charge in [0, 0.05) is 31.7 Å². The number of piperidine rings is 1. The van der Waals surface area contributed by atoms with Crippen molar-refractivity contribution in [3.05, 3.63) is 11.9 Å². The highest BCUT2D eigenvalue weighted by Gasteiger charge is 2.31. The first-order valence-corrected chi connectivity index (χ1v) is 11.5. The Hall–Kier alpha value is -2.99. The van der Waals surface area contributed by atoms with E-state index in [1.807, 2.05) is 11.8 Å². The van der Waals surface area contributed by atoms with Crippen LogP contribution in [0.25, 0.3) is 0 Å².